The van der Waals surface area contributed by atoms with Crippen molar-refractivity contribution in [3.8, 4) is 0 Å². The van der Waals surface area contributed by atoms with E-state index in [4.69, 9.17) is 0 Å². The second-order valence-electron chi connectivity index (χ2n) is 2.81. The molecule has 0 radical (unpaired) electrons. The van der Waals surface area contributed by atoms with Gasteiger partial charge in [-0.25, -0.2) is 0 Å². The first-order valence-corrected chi connectivity index (χ1v) is 5.61. The number of halogens is 3. The van der Waals surface area contributed by atoms with Crippen LogP contribution in [-0.2, 0) is 10.0 Å². The van der Waals surface area contributed by atoms with Crippen molar-refractivity contribution in [3.05, 3.63) is 42.1 Å². The fourth-order valence-electron chi connectivity index (χ4n) is 0.851. The van der Waals surface area contributed by atoms with Crippen molar-refractivity contribution in [3.63, 3.8) is 0 Å². The molecule has 7 heteroatoms. The van der Waals surface area contributed by atoms with Crippen LogP contribution in [0.1, 0.15) is 5.56 Å². The normalized spacial score (nSPS) is 12.9. The molecule has 0 bridgehead atoms. The van der Waals surface area contributed by atoms with Gasteiger partial charge in [0.2, 0.25) is 0 Å². The van der Waals surface area contributed by atoms with E-state index in [1.807, 2.05) is 0 Å². The van der Waals surface area contributed by atoms with Crippen LogP contribution < -0.4 is 4.72 Å². The lowest BCUT2D eigenvalue weighted by Crippen LogP contribution is -2.33. The number of alkyl halides is 3. The molecule has 0 atom stereocenters. The van der Waals surface area contributed by atoms with Crippen LogP contribution in [-0.4, -0.2) is 13.9 Å². The molecule has 3 nitrogen and oxygen atoms in total. The summed E-state index contributed by atoms with van der Waals surface area (Å²) in [5, 5.41) is 0. The predicted molar refractivity (Wildman–Crippen MR) is 53.6 cm³/mol. The number of benzene rings is 1. The van der Waals surface area contributed by atoms with Crippen molar-refractivity contribution in [2.75, 3.05) is 0 Å². The maximum Gasteiger partial charge on any atom is 0.516 e. The summed E-state index contributed by atoms with van der Waals surface area (Å²) in [5.74, 6) is 0. The van der Waals surface area contributed by atoms with Crippen LogP contribution in [0.3, 0.4) is 0 Å². The Morgan fingerprint density at radius 3 is 2.19 bits per heavy atom. The lowest BCUT2D eigenvalue weighted by Gasteiger charge is -2.06. The molecule has 1 aromatic carbocycles. The minimum atomic E-state index is -5.30. The summed E-state index contributed by atoms with van der Waals surface area (Å²) in [4.78, 5) is 0. The molecule has 1 N–H and O–H groups in total. The van der Waals surface area contributed by atoms with E-state index in [0.29, 0.717) is 5.56 Å². The highest BCUT2D eigenvalue weighted by atomic mass is 32.2. The Morgan fingerprint density at radius 1 is 1.12 bits per heavy atom. The monoisotopic (exact) mass is 251 g/mol. The Morgan fingerprint density at radius 2 is 1.69 bits per heavy atom. The molecule has 0 unspecified atom stereocenters. The molecule has 0 aliphatic rings. The highest BCUT2D eigenvalue weighted by Gasteiger charge is 2.45. The summed E-state index contributed by atoms with van der Waals surface area (Å²) < 4.78 is 58.0. The highest BCUT2D eigenvalue weighted by Crippen LogP contribution is 2.21. The van der Waals surface area contributed by atoms with Crippen LogP contribution in [0, 0.1) is 0 Å². The Bertz CT molecular complexity index is 465. The Labute approximate surface area is 90.6 Å². The molecule has 0 aliphatic carbocycles. The zero-order valence-electron chi connectivity index (χ0n) is 7.90. The van der Waals surface area contributed by atoms with Crippen molar-refractivity contribution in [2.45, 2.75) is 5.51 Å². The predicted octanol–water partition coefficient (Wildman–Crippen LogP) is 2.10. The fourth-order valence-corrected chi connectivity index (χ4v) is 1.23. The molecule has 0 saturated carbocycles. The van der Waals surface area contributed by atoms with Gasteiger partial charge >= 0.3 is 15.5 Å². The standard InChI is InChI=1S/C9H8F3NO2S/c10-9(11,12)16(14,15)13-7-6-8-4-2-1-3-5-8/h1-7,13H. The van der Waals surface area contributed by atoms with Gasteiger partial charge in [0.15, 0.2) is 0 Å². The summed E-state index contributed by atoms with van der Waals surface area (Å²) in [5.41, 5.74) is -4.71. The van der Waals surface area contributed by atoms with Crippen LogP contribution in [0.15, 0.2) is 36.5 Å². The number of rotatable bonds is 3. The molecule has 0 heterocycles. The highest BCUT2D eigenvalue weighted by molar-refractivity contribution is 7.90. The van der Waals surface area contributed by atoms with E-state index in [9.17, 15) is 21.6 Å². The van der Waals surface area contributed by atoms with E-state index in [1.54, 1.807) is 30.3 Å². The Hall–Kier alpha value is -1.50. The molecule has 0 spiro atoms. The molecule has 0 saturated heterocycles. The summed E-state index contributed by atoms with van der Waals surface area (Å²) >= 11 is 0. The maximum atomic E-state index is 11.9. The molecule has 0 fully saturated rings. The molecular formula is C9H8F3NO2S. The van der Waals surface area contributed by atoms with E-state index >= 15 is 0 Å². The van der Waals surface area contributed by atoms with Crippen molar-refractivity contribution in [1.82, 2.24) is 4.72 Å². The van der Waals surface area contributed by atoms with Gasteiger partial charge in [0.25, 0.3) is 0 Å². The van der Waals surface area contributed by atoms with E-state index in [1.165, 1.54) is 10.8 Å². The number of sulfonamides is 1. The molecule has 0 aliphatic heterocycles. The van der Waals surface area contributed by atoms with Gasteiger partial charge < -0.3 is 0 Å². The van der Waals surface area contributed by atoms with Gasteiger partial charge in [0.1, 0.15) is 0 Å². The fraction of sp³-hybridized carbons (Fsp3) is 0.111. The third-order valence-electron chi connectivity index (χ3n) is 1.60. The van der Waals surface area contributed by atoms with Crippen molar-refractivity contribution < 1.29 is 21.6 Å². The van der Waals surface area contributed by atoms with E-state index < -0.39 is 15.5 Å². The van der Waals surface area contributed by atoms with Crippen molar-refractivity contribution in [1.29, 1.82) is 0 Å². The lowest BCUT2D eigenvalue weighted by atomic mass is 10.2. The molecule has 16 heavy (non-hydrogen) atoms. The zero-order valence-corrected chi connectivity index (χ0v) is 8.72. The SMILES string of the molecule is O=S(=O)(NC=Cc1ccccc1)C(F)(F)F. The number of hydrogen-bond donors (Lipinski definition) is 1. The van der Waals surface area contributed by atoms with Crippen molar-refractivity contribution >= 4 is 16.1 Å². The molecule has 0 amide bonds. The first kappa shape index (κ1) is 12.6. The Kier molecular flexibility index (Phi) is 3.58. The van der Waals surface area contributed by atoms with E-state index in [-0.39, 0.29) is 0 Å². The third kappa shape index (κ3) is 3.27. The second kappa shape index (κ2) is 4.56. The van der Waals surface area contributed by atoms with Gasteiger partial charge in [0.05, 0.1) is 0 Å². The molecule has 1 rings (SSSR count). The summed E-state index contributed by atoms with van der Waals surface area (Å²) in [7, 11) is -5.30. The van der Waals surface area contributed by atoms with Crippen molar-refractivity contribution in [2.24, 2.45) is 0 Å². The topological polar surface area (TPSA) is 46.2 Å². The molecular weight excluding hydrogens is 243 g/mol. The molecule has 1 aromatic rings. The van der Waals surface area contributed by atoms with E-state index in [2.05, 4.69) is 0 Å². The van der Waals surface area contributed by atoms with Crippen LogP contribution >= 0.6 is 0 Å². The first-order valence-electron chi connectivity index (χ1n) is 4.13. The maximum absolute atomic E-state index is 11.9. The minimum absolute atomic E-state index is 0.590. The molecule has 0 aromatic heterocycles. The summed E-state index contributed by atoms with van der Waals surface area (Å²) in [6, 6.07) is 8.34. The quantitative estimate of drug-likeness (QED) is 0.894. The van der Waals surface area contributed by atoms with Gasteiger partial charge in [-0.05, 0) is 11.6 Å². The first-order chi connectivity index (χ1) is 7.33. The minimum Gasteiger partial charge on any atom is -0.283 e. The van der Waals surface area contributed by atoms with Gasteiger partial charge in [0, 0.05) is 6.20 Å². The second-order valence-corrected chi connectivity index (χ2v) is 4.52. The van der Waals surface area contributed by atoms with Crippen LogP contribution in [0.4, 0.5) is 13.2 Å². The largest absolute Gasteiger partial charge is 0.516 e. The van der Waals surface area contributed by atoms with Crippen LogP contribution in [0.5, 0.6) is 0 Å². The number of nitrogens with one attached hydrogen (secondary N) is 1. The van der Waals surface area contributed by atoms with Gasteiger partial charge in [-0.2, -0.15) is 21.6 Å². The smallest absolute Gasteiger partial charge is 0.283 e. The van der Waals surface area contributed by atoms with Gasteiger partial charge in [-0.15, -0.1) is 0 Å². The van der Waals surface area contributed by atoms with E-state index in [0.717, 1.165) is 6.20 Å². The Balaban J connectivity index is 2.70. The van der Waals surface area contributed by atoms with Crippen LogP contribution in [0.2, 0.25) is 0 Å². The molecule has 88 valence electrons. The summed E-state index contributed by atoms with van der Waals surface area (Å²) in [6.07, 6.45) is 1.96. The number of hydrogen-bond acceptors (Lipinski definition) is 2. The van der Waals surface area contributed by atoms with Crippen LogP contribution in [0.25, 0.3) is 6.08 Å². The lowest BCUT2D eigenvalue weighted by molar-refractivity contribution is -0.0443. The third-order valence-corrected chi connectivity index (χ3v) is 2.66. The zero-order chi connectivity index (χ0) is 12.2. The average molecular weight is 251 g/mol. The average Bonchev–Trinajstić information content (AvgIpc) is 2.17. The van der Waals surface area contributed by atoms with Gasteiger partial charge in [-0.1, -0.05) is 30.3 Å². The van der Waals surface area contributed by atoms with Gasteiger partial charge in [-0.3, -0.25) is 4.72 Å². The summed E-state index contributed by atoms with van der Waals surface area (Å²) in [6.45, 7) is 0.